The highest BCUT2D eigenvalue weighted by Gasteiger charge is 2.08. The number of carbonyl (C=O) groups is 1. The van der Waals surface area contributed by atoms with Crippen LogP contribution in [0.5, 0.6) is 0 Å². The summed E-state index contributed by atoms with van der Waals surface area (Å²) in [6.07, 6.45) is -0.372. The molecule has 0 aliphatic carbocycles. The number of ether oxygens (including phenoxy) is 1. The molecule has 0 aliphatic heterocycles. The minimum atomic E-state index is -0.372. The number of nitrogens with zero attached hydrogens (tertiary/aromatic N) is 1. The van der Waals surface area contributed by atoms with Crippen LogP contribution in [-0.4, -0.2) is 37.7 Å². The molecule has 0 saturated carbocycles. The van der Waals surface area contributed by atoms with Crippen molar-refractivity contribution in [3.63, 3.8) is 0 Å². The molecular weight excluding hydrogens is 216 g/mol. The Morgan fingerprint density at radius 2 is 2.00 bits per heavy atom. The molecule has 0 saturated heterocycles. The third-order valence-electron chi connectivity index (χ3n) is 2.22. The van der Waals surface area contributed by atoms with E-state index in [1.54, 1.807) is 0 Å². The third-order valence-corrected chi connectivity index (χ3v) is 2.22. The van der Waals surface area contributed by atoms with Gasteiger partial charge in [0.05, 0.1) is 0 Å². The number of benzene rings is 1. The van der Waals surface area contributed by atoms with Crippen molar-refractivity contribution in [2.24, 2.45) is 0 Å². The molecule has 94 valence electrons. The molecule has 1 rings (SSSR count). The molecule has 17 heavy (non-hydrogen) atoms. The predicted molar refractivity (Wildman–Crippen MR) is 67.8 cm³/mol. The summed E-state index contributed by atoms with van der Waals surface area (Å²) in [6.45, 7) is 3.05. The van der Waals surface area contributed by atoms with E-state index in [1.807, 2.05) is 56.3 Å². The average molecular weight is 236 g/mol. The first-order chi connectivity index (χ1) is 8.08. The highest BCUT2D eigenvalue weighted by molar-refractivity contribution is 5.67. The van der Waals surface area contributed by atoms with E-state index in [9.17, 15) is 4.79 Å². The van der Waals surface area contributed by atoms with Gasteiger partial charge in [-0.1, -0.05) is 30.3 Å². The van der Waals surface area contributed by atoms with Crippen LogP contribution < -0.4 is 5.32 Å². The molecule has 1 aromatic carbocycles. The zero-order valence-corrected chi connectivity index (χ0v) is 10.6. The number of rotatable bonds is 5. The first-order valence-corrected chi connectivity index (χ1v) is 5.70. The van der Waals surface area contributed by atoms with Crippen molar-refractivity contribution in [3.05, 3.63) is 35.9 Å². The van der Waals surface area contributed by atoms with Crippen molar-refractivity contribution < 1.29 is 9.53 Å². The second kappa shape index (κ2) is 6.91. The fourth-order valence-electron chi connectivity index (χ4n) is 1.56. The Bertz CT molecular complexity index is 339. The molecule has 0 radical (unpaired) electrons. The second-order valence-corrected chi connectivity index (χ2v) is 4.37. The molecule has 0 fully saturated rings. The molecule has 1 N–H and O–H groups in total. The molecule has 4 heteroatoms. The van der Waals surface area contributed by atoms with Crippen molar-refractivity contribution in [1.82, 2.24) is 10.2 Å². The number of alkyl carbamates (subject to hydrolysis) is 1. The standard InChI is InChI=1S/C13H20N2O2/c1-11(9-15(2)3)14-13(16)17-10-12-7-5-4-6-8-12/h4-8,11H,9-10H2,1-3H3,(H,14,16). The average Bonchev–Trinajstić information content (AvgIpc) is 2.26. The van der Waals surface area contributed by atoms with Gasteiger partial charge in [0.1, 0.15) is 6.61 Å². The molecule has 0 bridgehead atoms. The monoisotopic (exact) mass is 236 g/mol. The first-order valence-electron chi connectivity index (χ1n) is 5.70. The molecule has 0 heterocycles. The largest absolute Gasteiger partial charge is 0.445 e. The zero-order valence-electron chi connectivity index (χ0n) is 10.6. The Morgan fingerprint density at radius 1 is 1.35 bits per heavy atom. The smallest absolute Gasteiger partial charge is 0.407 e. The molecule has 0 aromatic heterocycles. The van der Waals surface area contributed by atoms with Crippen LogP contribution >= 0.6 is 0 Å². The van der Waals surface area contributed by atoms with Gasteiger partial charge in [-0.3, -0.25) is 0 Å². The lowest BCUT2D eigenvalue weighted by Crippen LogP contribution is -2.39. The summed E-state index contributed by atoms with van der Waals surface area (Å²) in [4.78, 5) is 13.5. The highest BCUT2D eigenvalue weighted by Crippen LogP contribution is 2.00. The molecule has 1 amide bonds. The fraction of sp³-hybridized carbons (Fsp3) is 0.462. The van der Waals surface area contributed by atoms with E-state index < -0.39 is 0 Å². The van der Waals surface area contributed by atoms with Crippen molar-refractivity contribution >= 4 is 6.09 Å². The summed E-state index contributed by atoms with van der Waals surface area (Å²) in [5, 5.41) is 2.78. The van der Waals surface area contributed by atoms with Gasteiger partial charge in [-0.25, -0.2) is 4.79 Å². The summed E-state index contributed by atoms with van der Waals surface area (Å²) >= 11 is 0. The third kappa shape index (κ3) is 5.92. The Morgan fingerprint density at radius 3 is 2.59 bits per heavy atom. The predicted octanol–water partition coefficient (Wildman–Crippen LogP) is 1.86. The Hall–Kier alpha value is -1.55. The SMILES string of the molecule is CC(CN(C)C)NC(=O)OCc1ccccc1. The second-order valence-electron chi connectivity index (χ2n) is 4.37. The van der Waals surface area contributed by atoms with Gasteiger partial charge in [0.25, 0.3) is 0 Å². The van der Waals surface area contributed by atoms with Crippen LogP contribution in [0.1, 0.15) is 12.5 Å². The number of carbonyl (C=O) groups excluding carboxylic acids is 1. The minimum absolute atomic E-state index is 0.0771. The molecule has 1 atom stereocenters. The maximum atomic E-state index is 11.5. The zero-order chi connectivity index (χ0) is 12.7. The molecular formula is C13H20N2O2. The van der Waals surface area contributed by atoms with Crippen LogP contribution in [0.25, 0.3) is 0 Å². The normalized spacial score (nSPS) is 12.2. The van der Waals surface area contributed by atoms with Crippen LogP contribution in [0.2, 0.25) is 0 Å². The van der Waals surface area contributed by atoms with Crippen LogP contribution in [-0.2, 0) is 11.3 Å². The topological polar surface area (TPSA) is 41.6 Å². The number of hydrogen-bond acceptors (Lipinski definition) is 3. The Kier molecular flexibility index (Phi) is 5.49. The Labute approximate surface area is 103 Å². The van der Waals surface area contributed by atoms with E-state index in [1.165, 1.54) is 0 Å². The molecule has 4 nitrogen and oxygen atoms in total. The van der Waals surface area contributed by atoms with Crippen molar-refractivity contribution in [2.75, 3.05) is 20.6 Å². The molecule has 0 aliphatic rings. The summed E-state index contributed by atoms with van der Waals surface area (Å²) in [5.41, 5.74) is 0.989. The number of nitrogens with one attached hydrogen (secondary N) is 1. The number of amides is 1. The maximum absolute atomic E-state index is 11.5. The lowest BCUT2D eigenvalue weighted by atomic mass is 10.2. The van der Waals surface area contributed by atoms with E-state index in [0.717, 1.165) is 12.1 Å². The molecule has 0 spiro atoms. The van der Waals surface area contributed by atoms with Gasteiger partial charge in [0.15, 0.2) is 0 Å². The van der Waals surface area contributed by atoms with Gasteiger partial charge in [-0.05, 0) is 26.6 Å². The fourth-order valence-corrected chi connectivity index (χ4v) is 1.56. The number of likely N-dealkylation sites (N-methyl/N-ethyl adjacent to an activating group) is 1. The Balaban J connectivity index is 2.26. The van der Waals surface area contributed by atoms with E-state index in [2.05, 4.69) is 5.32 Å². The van der Waals surface area contributed by atoms with E-state index in [0.29, 0.717) is 6.61 Å². The van der Waals surface area contributed by atoms with Gasteiger partial charge < -0.3 is 15.0 Å². The van der Waals surface area contributed by atoms with Crippen molar-refractivity contribution in [1.29, 1.82) is 0 Å². The van der Waals surface area contributed by atoms with Crippen molar-refractivity contribution in [3.8, 4) is 0 Å². The first kappa shape index (κ1) is 13.5. The van der Waals surface area contributed by atoms with Crippen LogP contribution in [0.4, 0.5) is 4.79 Å². The van der Waals surface area contributed by atoms with Gasteiger partial charge in [-0.2, -0.15) is 0 Å². The van der Waals surface area contributed by atoms with Gasteiger partial charge >= 0.3 is 6.09 Å². The highest BCUT2D eigenvalue weighted by atomic mass is 16.5. The molecule has 1 unspecified atom stereocenters. The van der Waals surface area contributed by atoms with Crippen LogP contribution in [0.15, 0.2) is 30.3 Å². The van der Waals surface area contributed by atoms with Gasteiger partial charge in [0.2, 0.25) is 0 Å². The number of hydrogen-bond donors (Lipinski definition) is 1. The van der Waals surface area contributed by atoms with E-state index in [-0.39, 0.29) is 12.1 Å². The quantitative estimate of drug-likeness (QED) is 0.848. The van der Waals surface area contributed by atoms with E-state index >= 15 is 0 Å². The summed E-state index contributed by atoms with van der Waals surface area (Å²) in [5.74, 6) is 0. The lowest BCUT2D eigenvalue weighted by molar-refractivity contribution is 0.134. The van der Waals surface area contributed by atoms with Crippen LogP contribution in [0.3, 0.4) is 0 Å². The summed E-state index contributed by atoms with van der Waals surface area (Å²) in [6, 6.07) is 9.71. The molecule has 1 aromatic rings. The summed E-state index contributed by atoms with van der Waals surface area (Å²) in [7, 11) is 3.93. The van der Waals surface area contributed by atoms with Gasteiger partial charge in [-0.15, -0.1) is 0 Å². The van der Waals surface area contributed by atoms with Gasteiger partial charge in [0, 0.05) is 12.6 Å². The van der Waals surface area contributed by atoms with E-state index in [4.69, 9.17) is 4.74 Å². The van der Waals surface area contributed by atoms with Crippen LogP contribution in [0, 0.1) is 0 Å². The minimum Gasteiger partial charge on any atom is -0.445 e. The summed E-state index contributed by atoms with van der Waals surface area (Å²) < 4.78 is 5.11. The lowest BCUT2D eigenvalue weighted by Gasteiger charge is -2.18. The maximum Gasteiger partial charge on any atom is 0.407 e. The van der Waals surface area contributed by atoms with Crippen molar-refractivity contribution in [2.45, 2.75) is 19.6 Å².